The van der Waals surface area contributed by atoms with Crippen LogP contribution >= 0.6 is 39.0 Å². The first kappa shape index (κ1) is 9.95. The minimum Gasteiger partial charge on any atom is -0.378 e. The van der Waals surface area contributed by atoms with E-state index in [4.69, 9.17) is 5.73 Å². The summed E-state index contributed by atoms with van der Waals surface area (Å²) in [7, 11) is 0. The molecule has 1 aliphatic rings. The molecule has 2 N–H and O–H groups in total. The first-order chi connectivity index (χ1) is 6.65. The number of amidine groups is 1. The molecule has 2 rings (SSSR count). The molecule has 0 saturated carbocycles. The molecule has 2 heterocycles. The fourth-order valence-electron chi connectivity index (χ4n) is 0.961. The van der Waals surface area contributed by atoms with Crippen LogP contribution in [0.4, 0.5) is 0 Å². The number of thiophene rings is 1. The number of nitrogens with zero attached hydrogens (tertiary/aromatic N) is 1. The van der Waals surface area contributed by atoms with Gasteiger partial charge in [0, 0.05) is 4.88 Å². The molecular weight excluding hydrogens is 284 g/mol. The third-order valence-corrected chi connectivity index (χ3v) is 3.89. The lowest BCUT2D eigenvalue weighted by atomic mass is 10.4. The molecule has 6 heteroatoms. The lowest BCUT2D eigenvalue weighted by Crippen LogP contribution is -2.01. The SMILES string of the molecule is NC1=NC(=O)/C(=C\c2ccc(Br)s2)S1. The number of aliphatic imine (C=N–C) groups is 1. The summed E-state index contributed by atoms with van der Waals surface area (Å²) in [5.41, 5.74) is 5.42. The topological polar surface area (TPSA) is 55.4 Å². The van der Waals surface area contributed by atoms with Crippen LogP contribution in [0.1, 0.15) is 4.88 Å². The van der Waals surface area contributed by atoms with E-state index in [1.54, 1.807) is 17.4 Å². The summed E-state index contributed by atoms with van der Waals surface area (Å²) < 4.78 is 1.04. The second-order valence-electron chi connectivity index (χ2n) is 2.51. The molecule has 0 aromatic carbocycles. The molecule has 14 heavy (non-hydrogen) atoms. The van der Waals surface area contributed by atoms with E-state index >= 15 is 0 Å². The Labute approximate surface area is 97.2 Å². The van der Waals surface area contributed by atoms with E-state index in [9.17, 15) is 4.79 Å². The smallest absolute Gasteiger partial charge is 0.286 e. The van der Waals surface area contributed by atoms with Crippen molar-refractivity contribution in [3.05, 3.63) is 25.7 Å². The Hall–Kier alpha value is -0.590. The van der Waals surface area contributed by atoms with Gasteiger partial charge in [-0.25, -0.2) is 0 Å². The summed E-state index contributed by atoms with van der Waals surface area (Å²) in [6.45, 7) is 0. The van der Waals surface area contributed by atoms with Gasteiger partial charge in [0.2, 0.25) is 0 Å². The van der Waals surface area contributed by atoms with E-state index in [1.807, 2.05) is 12.1 Å². The van der Waals surface area contributed by atoms with Gasteiger partial charge in [0.15, 0.2) is 5.17 Å². The summed E-state index contributed by atoms with van der Waals surface area (Å²) in [6.07, 6.45) is 1.80. The van der Waals surface area contributed by atoms with Crippen molar-refractivity contribution in [2.45, 2.75) is 0 Å². The number of halogens is 1. The quantitative estimate of drug-likeness (QED) is 0.808. The predicted octanol–water partition coefficient (Wildman–Crippen LogP) is 2.44. The summed E-state index contributed by atoms with van der Waals surface area (Å²) >= 11 is 6.12. The molecule has 1 aromatic rings. The molecule has 1 amide bonds. The van der Waals surface area contributed by atoms with E-state index in [-0.39, 0.29) is 5.91 Å². The van der Waals surface area contributed by atoms with Gasteiger partial charge in [-0.2, -0.15) is 4.99 Å². The minimum atomic E-state index is -0.253. The maximum absolute atomic E-state index is 11.2. The van der Waals surface area contributed by atoms with Gasteiger partial charge < -0.3 is 5.73 Å². The number of rotatable bonds is 1. The van der Waals surface area contributed by atoms with Gasteiger partial charge in [-0.15, -0.1) is 11.3 Å². The fraction of sp³-hybridized carbons (Fsp3) is 0. The molecule has 1 aliphatic heterocycles. The van der Waals surface area contributed by atoms with Crippen molar-refractivity contribution < 1.29 is 4.79 Å². The summed E-state index contributed by atoms with van der Waals surface area (Å²) in [4.78, 5) is 16.4. The van der Waals surface area contributed by atoms with Crippen molar-refractivity contribution in [2.75, 3.05) is 0 Å². The van der Waals surface area contributed by atoms with E-state index in [1.165, 1.54) is 11.8 Å². The van der Waals surface area contributed by atoms with Gasteiger partial charge in [0.05, 0.1) is 8.69 Å². The third kappa shape index (κ3) is 2.08. The molecule has 0 fully saturated rings. The van der Waals surface area contributed by atoms with E-state index in [0.29, 0.717) is 10.1 Å². The van der Waals surface area contributed by atoms with Crippen LogP contribution < -0.4 is 5.73 Å². The number of carbonyl (C=O) groups excluding carboxylic acids is 1. The monoisotopic (exact) mass is 288 g/mol. The second-order valence-corrected chi connectivity index (χ2v) is 6.06. The van der Waals surface area contributed by atoms with Crippen LogP contribution in [0.5, 0.6) is 0 Å². The minimum absolute atomic E-state index is 0.253. The van der Waals surface area contributed by atoms with Gasteiger partial charge >= 0.3 is 0 Å². The predicted molar refractivity (Wildman–Crippen MR) is 64.2 cm³/mol. The molecule has 0 bridgehead atoms. The lowest BCUT2D eigenvalue weighted by Gasteiger charge is -1.89. The zero-order chi connectivity index (χ0) is 10.1. The molecule has 0 radical (unpaired) electrons. The number of carbonyl (C=O) groups is 1. The number of nitrogens with two attached hydrogens (primary N) is 1. The van der Waals surface area contributed by atoms with Gasteiger partial charge in [0.25, 0.3) is 5.91 Å². The normalized spacial score (nSPS) is 19.1. The van der Waals surface area contributed by atoms with Crippen molar-refractivity contribution in [3.63, 3.8) is 0 Å². The molecule has 0 spiro atoms. The van der Waals surface area contributed by atoms with Gasteiger partial charge in [-0.05, 0) is 45.9 Å². The summed E-state index contributed by atoms with van der Waals surface area (Å²) in [5.74, 6) is -0.253. The first-order valence-electron chi connectivity index (χ1n) is 3.68. The number of hydrogen-bond donors (Lipinski definition) is 1. The highest BCUT2D eigenvalue weighted by molar-refractivity contribution is 9.11. The summed E-state index contributed by atoms with van der Waals surface area (Å²) in [5, 5.41) is 0.317. The molecule has 1 aromatic heterocycles. The van der Waals surface area contributed by atoms with Crippen molar-refractivity contribution in [2.24, 2.45) is 10.7 Å². The fourth-order valence-corrected chi connectivity index (χ4v) is 3.07. The van der Waals surface area contributed by atoms with Crippen LogP contribution in [-0.2, 0) is 4.79 Å². The Balaban J connectivity index is 2.25. The molecule has 72 valence electrons. The Morgan fingerprint density at radius 3 is 2.79 bits per heavy atom. The molecule has 0 atom stereocenters. The van der Waals surface area contributed by atoms with Crippen LogP contribution in [-0.4, -0.2) is 11.1 Å². The molecule has 0 unspecified atom stereocenters. The van der Waals surface area contributed by atoms with Gasteiger partial charge in [0.1, 0.15) is 0 Å². The molecular formula is C8H5BrN2OS2. The Morgan fingerprint density at radius 2 is 2.29 bits per heavy atom. The third-order valence-electron chi connectivity index (χ3n) is 1.50. The van der Waals surface area contributed by atoms with E-state index in [2.05, 4.69) is 20.9 Å². The highest BCUT2D eigenvalue weighted by atomic mass is 79.9. The molecule has 0 aliphatic carbocycles. The van der Waals surface area contributed by atoms with Crippen LogP contribution in [0.25, 0.3) is 6.08 Å². The zero-order valence-corrected chi connectivity index (χ0v) is 10.1. The highest BCUT2D eigenvalue weighted by Crippen LogP contribution is 2.30. The van der Waals surface area contributed by atoms with Crippen molar-refractivity contribution in [3.8, 4) is 0 Å². The summed E-state index contributed by atoms with van der Waals surface area (Å²) in [6, 6.07) is 3.87. The van der Waals surface area contributed by atoms with Crippen molar-refractivity contribution >= 4 is 56.2 Å². The number of hydrogen-bond acceptors (Lipinski definition) is 4. The van der Waals surface area contributed by atoms with Crippen molar-refractivity contribution in [1.29, 1.82) is 0 Å². The van der Waals surface area contributed by atoms with E-state index < -0.39 is 0 Å². The molecule has 0 saturated heterocycles. The van der Waals surface area contributed by atoms with Gasteiger partial charge in [-0.3, -0.25) is 4.79 Å². The van der Waals surface area contributed by atoms with Crippen LogP contribution in [0.2, 0.25) is 0 Å². The Bertz CT molecular complexity index is 450. The average Bonchev–Trinajstić information content (AvgIpc) is 2.61. The van der Waals surface area contributed by atoms with Crippen molar-refractivity contribution in [1.82, 2.24) is 0 Å². The number of thioether (sulfide) groups is 1. The maximum Gasteiger partial charge on any atom is 0.286 e. The Kier molecular flexibility index (Phi) is 2.76. The van der Waals surface area contributed by atoms with Crippen LogP contribution in [0.15, 0.2) is 25.8 Å². The Morgan fingerprint density at radius 1 is 1.50 bits per heavy atom. The first-order valence-corrected chi connectivity index (χ1v) is 6.11. The van der Waals surface area contributed by atoms with Crippen LogP contribution in [0.3, 0.4) is 0 Å². The van der Waals surface area contributed by atoms with E-state index in [0.717, 1.165) is 8.66 Å². The molecule has 3 nitrogen and oxygen atoms in total. The van der Waals surface area contributed by atoms with Crippen LogP contribution in [0, 0.1) is 0 Å². The number of amides is 1. The highest BCUT2D eigenvalue weighted by Gasteiger charge is 2.19. The van der Waals surface area contributed by atoms with Gasteiger partial charge in [-0.1, -0.05) is 0 Å². The average molecular weight is 289 g/mol. The maximum atomic E-state index is 11.2. The second kappa shape index (κ2) is 3.88. The zero-order valence-electron chi connectivity index (χ0n) is 6.86. The standard InChI is InChI=1S/C8H5BrN2OS2/c9-6-2-1-4(13-6)3-5-7(12)11-8(10)14-5/h1-3H,(H2,10,11,12)/b5-3+. The largest absolute Gasteiger partial charge is 0.378 e. The lowest BCUT2D eigenvalue weighted by molar-refractivity contribution is -0.113.